The van der Waals surface area contributed by atoms with Crippen LogP contribution in [0.2, 0.25) is 5.02 Å². The van der Waals surface area contributed by atoms with Crippen molar-refractivity contribution in [2.75, 3.05) is 18.0 Å². The Balaban J connectivity index is 1.12. The molecule has 0 unspecified atom stereocenters. The maximum absolute atomic E-state index is 13.5. The second-order valence-electron chi connectivity index (χ2n) is 12.1. The molecule has 0 N–H and O–H groups in total. The zero-order valence-corrected chi connectivity index (χ0v) is 22.1. The van der Waals surface area contributed by atoms with Crippen LogP contribution in [0.25, 0.3) is 5.69 Å². The highest BCUT2D eigenvalue weighted by atomic mass is 35.5. The minimum Gasteiger partial charge on any atom is -0.340 e. The maximum atomic E-state index is 13.5. The molecule has 0 radical (unpaired) electrons. The van der Waals surface area contributed by atoms with Gasteiger partial charge < -0.3 is 4.90 Å². The summed E-state index contributed by atoms with van der Waals surface area (Å²) >= 11 is 6.37. The number of aromatic nitrogens is 5. The molecule has 0 atom stereocenters. The van der Waals surface area contributed by atoms with Crippen molar-refractivity contribution in [1.29, 1.82) is 0 Å². The van der Waals surface area contributed by atoms with Crippen molar-refractivity contribution in [3.05, 3.63) is 58.4 Å². The average molecular weight is 544 g/mol. The van der Waals surface area contributed by atoms with Gasteiger partial charge in [-0.1, -0.05) is 18.5 Å². The highest BCUT2D eigenvalue weighted by molar-refractivity contribution is 6.30. The topological polar surface area (TPSA) is 63.0 Å². The van der Waals surface area contributed by atoms with Gasteiger partial charge in [0, 0.05) is 53.9 Å². The molecule has 0 amide bonds. The summed E-state index contributed by atoms with van der Waals surface area (Å²) in [5.74, 6) is 2.80. The minimum atomic E-state index is -4.19. The predicted octanol–water partition coefficient (Wildman–Crippen LogP) is 5.45. The van der Waals surface area contributed by atoms with Crippen LogP contribution in [0.1, 0.15) is 61.4 Å². The molecule has 4 aliphatic rings. The van der Waals surface area contributed by atoms with Gasteiger partial charge in [-0.15, -0.1) is 10.2 Å². The molecule has 2 aliphatic heterocycles. The summed E-state index contributed by atoms with van der Waals surface area (Å²) in [7, 11) is 0. The van der Waals surface area contributed by atoms with E-state index in [1.54, 1.807) is 6.20 Å². The molecule has 2 aromatic heterocycles. The SMILES string of the molecule is Cc1ccnc(N2CC3(CC(c4nnc5n4-c4ccc(Cl)cc4CN(C4CC(C)(C(F)(F)F)C4)C5)C3)C2)n1. The number of rotatable bonds is 3. The summed E-state index contributed by atoms with van der Waals surface area (Å²) in [5.41, 5.74) is 1.57. The van der Waals surface area contributed by atoms with Gasteiger partial charge in [-0.2, -0.15) is 13.2 Å². The van der Waals surface area contributed by atoms with Gasteiger partial charge in [-0.3, -0.25) is 9.47 Å². The summed E-state index contributed by atoms with van der Waals surface area (Å²) in [6.07, 6.45) is -0.150. The minimum absolute atomic E-state index is 0.0969. The van der Waals surface area contributed by atoms with E-state index in [0.717, 1.165) is 60.5 Å². The van der Waals surface area contributed by atoms with E-state index in [-0.39, 0.29) is 30.2 Å². The molecule has 3 fully saturated rings. The highest BCUT2D eigenvalue weighted by Gasteiger charge is 2.60. The molecule has 38 heavy (non-hydrogen) atoms. The number of hydrogen-bond acceptors (Lipinski definition) is 6. The lowest BCUT2D eigenvalue weighted by Crippen LogP contribution is -2.62. The molecular formula is C27H29ClF3N7. The summed E-state index contributed by atoms with van der Waals surface area (Å²) in [4.78, 5) is 13.3. The molecule has 2 saturated carbocycles. The van der Waals surface area contributed by atoms with E-state index in [9.17, 15) is 13.2 Å². The molecule has 200 valence electrons. The number of fused-ring (bicyclic) bond motifs is 3. The van der Waals surface area contributed by atoms with Crippen LogP contribution in [0.15, 0.2) is 30.5 Å². The molecular weight excluding hydrogens is 515 g/mol. The number of anilines is 1. The van der Waals surface area contributed by atoms with Crippen molar-refractivity contribution in [3.63, 3.8) is 0 Å². The van der Waals surface area contributed by atoms with Gasteiger partial charge in [0.05, 0.1) is 17.6 Å². The van der Waals surface area contributed by atoms with Crippen LogP contribution in [-0.4, -0.2) is 54.9 Å². The van der Waals surface area contributed by atoms with Gasteiger partial charge in [0.2, 0.25) is 5.95 Å². The van der Waals surface area contributed by atoms with Crippen LogP contribution in [0.3, 0.4) is 0 Å². The van der Waals surface area contributed by atoms with Crippen LogP contribution in [0, 0.1) is 17.8 Å². The van der Waals surface area contributed by atoms with E-state index in [1.807, 2.05) is 31.2 Å². The molecule has 1 aromatic carbocycles. The maximum Gasteiger partial charge on any atom is 0.394 e. The number of alkyl halides is 3. The molecule has 4 heterocycles. The Kier molecular flexibility index (Phi) is 5.21. The first-order valence-corrected chi connectivity index (χ1v) is 13.5. The molecule has 3 aromatic rings. The third-order valence-electron chi connectivity index (χ3n) is 9.17. The fourth-order valence-corrected chi connectivity index (χ4v) is 7.16. The first-order chi connectivity index (χ1) is 18.0. The van der Waals surface area contributed by atoms with Crippen molar-refractivity contribution in [3.8, 4) is 5.69 Å². The third kappa shape index (κ3) is 3.74. The summed E-state index contributed by atoms with van der Waals surface area (Å²) in [5, 5.41) is 9.82. The molecule has 1 spiro atoms. The molecule has 1 saturated heterocycles. The van der Waals surface area contributed by atoms with E-state index >= 15 is 0 Å². The van der Waals surface area contributed by atoms with Gasteiger partial charge in [0.25, 0.3) is 0 Å². The van der Waals surface area contributed by atoms with Gasteiger partial charge in [0.15, 0.2) is 5.82 Å². The van der Waals surface area contributed by atoms with E-state index in [2.05, 4.69) is 34.5 Å². The van der Waals surface area contributed by atoms with Crippen LogP contribution in [0.4, 0.5) is 19.1 Å². The molecule has 11 heteroatoms. The molecule has 2 aliphatic carbocycles. The smallest absolute Gasteiger partial charge is 0.340 e. The van der Waals surface area contributed by atoms with Crippen molar-refractivity contribution >= 4 is 17.5 Å². The summed E-state index contributed by atoms with van der Waals surface area (Å²) < 4.78 is 42.8. The summed E-state index contributed by atoms with van der Waals surface area (Å²) in [6.45, 7) is 6.18. The van der Waals surface area contributed by atoms with Crippen LogP contribution in [-0.2, 0) is 13.1 Å². The normalized spacial score (nSPS) is 26.7. The van der Waals surface area contributed by atoms with Crippen molar-refractivity contribution < 1.29 is 13.2 Å². The lowest BCUT2D eigenvalue weighted by molar-refractivity contribution is -0.258. The van der Waals surface area contributed by atoms with E-state index in [0.29, 0.717) is 18.1 Å². The largest absolute Gasteiger partial charge is 0.394 e. The van der Waals surface area contributed by atoms with Crippen molar-refractivity contribution in [1.82, 2.24) is 29.6 Å². The van der Waals surface area contributed by atoms with Gasteiger partial charge in [-0.05, 0) is 62.4 Å². The molecule has 7 rings (SSSR count). The lowest BCUT2D eigenvalue weighted by atomic mass is 9.57. The van der Waals surface area contributed by atoms with Crippen LogP contribution in [0.5, 0.6) is 0 Å². The fraction of sp³-hybridized carbons (Fsp3) is 0.556. The quantitative estimate of drug-likeness (QED) is 0.438. The number of hydrogen-bond donors (Lipinski definition) is 0. The number of benzene rings is 1. The lowest BCUT2D eigenvalue weighted by Gasteiger charge is -2.58. The first kappa shape index (κ1) is 24.3. The highest BCUT2D eigenvalue weighted by Crippen LogP contribution is 2.57. The van der Waals surface area contributed by atoms with Gasteiger partial charge in [0.1, 0.15) is 5.82 Å². The Hall–Kier alpha value is -2.72. The molecule has 0 bridgehead atoms. The van der Waals surface area contributed by atoms with Crippen LogP contribution >= 0.6 is 11.6 Å². The van der Waals surface area contributed by atoms with E-state index in [1.165, 1.54) is 6.92 Å². The van der Waals surface area contributed by atoms with Crippen LogP contribution < -0.4 is 4.90 Å². The second kappa shape index (κ2) is 8.14. The first-order valence-electron chi connectivity index (χ1n) is 13.1. The van der Waals surface area contributed by atoms with Gasteiger partial charge >= 0.3 is 6.18 Å². The van der Waals surface area contributed by atoms with E-state index < -0.39 is 11.6 Å². The second-order valence-corrected chi connectivity index (χ2v) is 12.5. The monoisotopic (exact) mass is 543 g/mol. The molecule has 7 nitrogen and oxygen atoms in total. The Labute approximate surface area is 224 Å². The Bertz CT molecular complexity index is 1400. The number of halogens is 4. The standard InChI is InChI=1S/C27H29ClF3N7/c1-16-5-6-32-24(33-16)37-14-26(15-37)8-18(9-26)23-35-34-22-13-36(20-10-25(2,11-20)27(29,30)31)12-17-7-19(28)3-4-21(17)38(22)23/h3-7,18,20H,8-15H2,1-2H3. The zero-order chi connectivity index (χ0) is 26.4. The zero-order valence-electron chi connectivity index (χ0n) is 21.3. The Morgan fingerprint density at radius 2 is 1.79 bits per heavy atom. The van der Waals surface area contributed by atoms with Crippen molar-refractivity contribution in [2.24, 2.45) is 10.8 Å². The average Bonchev–Trinajstić information content (AvgIpc) is 3.09. The number of aryl methyl sites for hydroxylation is 1. The number of nitrogens with zero attached hydrogens (tertiary/aromatic N) is 7. The summed E-state index contributed by atoms with van der Waals surface area (Å²) in [6, 6.07) is 7.53. The third-order valence-corrected chi connectivity index (χ3v) is 9.41. The van der Waals surface area contributed by atoms with Gasteiger partial charge in [-0.25, -0.2) is 9.97 Å². The Morgan fingerprint density at radius 1 is 1.03 bits per heavy atom. The predicted molar refractivity (Wildman–Crippen MR) is 136 cm³/mol. The fourth-order valence-electron chi connectivity index (χ4n) is 6.96. The van der Waals surface area contributed by atoms with E-state index in [4.69, 9.17) is 11.6 Å². The van der Waals surface area contributed by atoms with Crippen molar-refractivity contribution in [2.45, 2.75) is 70.8 Å². The Morgan fingerprint density at radius 3 is 2.50 bits per heavy atom.